The Hall–Kier alpha value is -5.71. The van der Waals surface area contributed by atoms with Gasteiger partial charge in [-0.3, -0.25) is 4.79 Å². The molecule has 5 rings (SSSR count). The van der Waals surface area contributed by atoms with Crippen molar-refractivity contribution in [2.45, 2.75) is 31.0 Å². The van der Waals surface area contributed by atoms with Crippen molar-refractivity contribution in [2.24, 2.45) is 10.1 Å². The van der Waals surface area contributed by atoms with E-state index in [1.807, 2.05) is 42.5 Å². The van der Waals surface area contributed by atoms with Crippen LogP contribution in [0.2, 0.25) is 0 Å². The smallest absolute Gasteiger partial charge is 0.252 e. The predicted molar refractivity (Wildman–Crippen MR) is 180 cm³/mol. The highest BCUT2D eigenvalue weighted by molar-refractivity contribution is 6.01. The third-order valence-corrected chi connectivity index (χ3v) is 7.89. The summed E-state index contributed by atoms with van der Waals surface area (Å²) in [4.78, 5) is 22.8. The molecule has 12 heteroatoms. The van der Waals surface area contributed by atoms with Crippen LogP contribution in [0.15, 0.2) is 101 Å². The standard InChI is InChI=1S/C36H37N5O7/c1-44-29-10-6-9-26(20-29)33-36(22-27-8-4-5-11-32(27)40-41-37,35(43)38-23-24-18-30(45-2)21-31(19-24)46-3)39-34(48-33)25-12-14-28(15-13-25)47-17-7-16-42/h4-6,8-15,18-21,33,42H,7,16-17,22-23H2,1-3H3,(H,38,43)/t33-,36-/m1/s1. The molecule has 12 nitrogen and oxygen atoms in total. The van der Waals surface area contributed by atoms with E-state index in [1.165, 1.54) is 0 Å². The summed E-state index contributed by atoms with van der Waals surface area (Å²) in [6.07, 6.45) is -0.345. The summed E-state index contributed by atoms with van der Waals surface area (Å²) in [5.74, 6) is 2.21. The van der Waals surface area contributed by atoms with E-state index in [9.17, 15) is 10.3 Å². The lowest BCUT2D eigenvalue weighted by atomic mass is 9.81. The highest BCUT2D eigenvalue weighted by atomic mass is 16.5. The number of ether oxygens (including phenoxy) is 5. The van der Waals surface area contributed by atoms with Gasteiger partial charge in [-0.2, -0.15) is 0 Å². The summed E-state index contributed by atoms with van der Waals surface area (Å²) in [7, 11) is 4.69. The number of carbonyl (C=O) groups is 1. The predicted octanol–water partition coefficient (Wildman–Crippen LogP) is 6.23. The number of hydrogen-bond donors (Lipinski definition) is 2. The van der Waals surface area contributed by atoms with Gasteiger partial charge in [0.05, 0.1) is 27.9 Å². The molecule has 0 aliphatic carbocycles. The number of hydrogen-bond acceptors (Lipinski definition) is 9. The maximum absolute atomic E-state index is 14.7. The normalized spacial score (nSPS) is 16.6. The second-order valence-electron chi connectivity index (χ2n) is 11.0. The monoisotopic (exact) mass is 651 g/mol. The van der Waals surface area contributed by atoms with Crippen LogP contribution in [-0.4, -0.2) is 57.0 Å². The van der Waals surface area contributed by atoms with Crippen molar-refractivity contribution in [3.63, 3.8) is 0 Å². The van der Waals surface area contributed by atoms with E-state index in [0.717, 1.165) is 5.56 Å². The zero-order chi connectivity index (χ0) is 33.9. The molecule has 1 aliphatic rings. The van der Waals surface area contributed by atoms with Crippen molar-refractivity contribution in [1.29, 1.82) is 0 Å². The Morgan fingerprint density at radius 3 is 2.35 bits per heavy atom. The average Bonchev–Trinajstić information content (AvgIpc) is 3.52. The van der Waals surface area contributed by atoms with Crippen LogP contribution in [0.4, 0.5) is 5.69 Å². The van der Waals surface area contributed by atoms with E-state index in [4.69, 9.17) is 33.8 Å². The lowest BCUT2D eigenvalue weighted by molar-refractivity contribution is -0.129. The number of rotatable bonds is 15. The molecule has 4 aromatic rings. The van der Waals surface area contributed by atoms with Crippen LogP contribution in [0, 0.1) is 0 Å². The van der Waals surface area contributed by atoms with Crippen molar-refractivity contribution in [3.05, 3.63) is 124 Å². The molecule has 1 amide bonds. The van der Waals surface area contributed by atoms with Gasteiger partial charge in [0.25, 0.3) is 5.91 Å². The Kier molecular flexibility index (Phi) is 11.0. The van der Waals surface area contributed by atoms with Crippen LogP contribution in [0.3, 0.4) is 0 Å². The summed E-state index contributed by atoms with van der Waals surface area (Å²) in [5, 5.41) is 16.1. The van der Waals surface area contributed by atoms with E-state index < -0.39 is 17.6 Å². The molecule has 0 radical (unpaired) electrons. The fourth-order valence-electron chi connectivity index (χ4n) is 5.49. The van der Waals surface area contributed by atoms with Gasteiger partial charge in [0.1, 0.15) is 23.0 Å². The van der Waals surface area contributed by atoms with E-state index in [-0.39, 0.29) is 25.5 Å². The van der Waals surface area contributed by atoms with E-state index >= 15 is 0 Å². The van der Waals surface area contributed by atoms with Gasteiger partial charge in [-0.1, -0.05) is 41.5 Å². The zero-order valence-electron chi connectivity index (χ0n) is 27.0. The first-order valence-electron chi connectivity index (χ1n) is 15.3. The molecule has 2 N–H and O–H groups in total. The Morgan fingerprint density at radius 2 is 1.67 bits per heavy atom. The first kappa shape index (κ1) is 33.6. The number of benzene rings is 4. The van der Waals surface area contributed by atoms with Crippen molar-refractivity contribution < 1.29 is 33.6 Å². The third kappa shape index (κ3) is 7.63. The molecule has 48 heavy (non-hydrogen) atoms. The lowest BCUT2D eigenvalue weighted by Crippen LogP contribution is -2.49. The van der Waals surface area contributed by atoms with Gasteiger partial charge in [0, 0.05) is 48.2 Å². The van der Waals surface area contributed by atoms with Gasteiger partial charge in [0.15, 0.2) is 11.6 Å². The van der Waals surface area contributed by atoms with Gasteiger partial charge in [-0.25, -0.2) is 4.99 Å². The van der Waals surface area contributed by atoms with Gasteiger partial charge in [-0.05, 0) is 70.8 Å². The van der Waals surface area contributed by atoms with Crippen LogP contribution in [0.25, 0.3) is 10.4 Å². The molecule has 0 saturated heterocycles. The summed E-state index contributed by atoms with van der Waals surface area (Å²) in [6.45, 7) is 0.548. The molecular weight excluding hydrogens is 614 g/mol. The van der Waals surface area contributed by atoms with E-state index in [0.29, 0.717) is 58.4 Å². The summed E-state index contributed by atoms with van der Waals surface area (Å²) in [6, 6.07) is 27.0. The SMILES string of the molecule is COc1cc(CNC(=O)[C@]2(Cc3ccccc3N=[N+]=[N-])N=C(c3ccc(OCCCO)cc3)O[C@@H]2c2cccc(OC)c2)cc(OC)c1. The van der Waals surface area contributed by atoms with Gasteiger partial charge >= 0.3 is 0 Å². The maximum Gasteiger partial charge on any atom is 0.252 e. The molecule has 4 aromatic carbocycles. The molecule has 1 aliphatic heterocycles. The van der Waals surface area contributed by atoms with Gasteiger partial charge < -0.3 is 34.1 Å². The van der Waals surface area contributed by atoms with Gasteiger partial charge in [0.2, 0.25) is 5.90 Å². The molecule has 248 valence electrons. The van der Waals surface area contributed by atoms with Crippen molar-refractivity contribution >= 4 is 17.5 Å². The fourth-order valence-corrected chi connectivity index (χ4v) is 5.49. The number of nitrogens with zero attached hydrogens (tertiary/aromatic N) is 4. The van der Waals surface area contributed by atoms with Crippen LogP contribution in [0.1, 0.15) is 34.8 Å². The third-order valence-electron chi connectivity index (χ3n) is 7.89. The highest BCUT2D eigenvalue weighted by Gasteiger charge is 2.53. The molecule has 2 atom stereocenters. The Bertz CT molecular complexity index is 1780. The summed E-state index contributed by atoms with van der Waals surface area (Å²) >= 11 is 0. The van der Waals surface area contributed by atoms with Gasteiger partial charge in [-0.15, -0.1) is 0 Å². The average molecular weight is 652 g/mol. The number of carbonyl (C=O) groups excluding carboxylic acids is 1. The van der Waals surface area contributed by atoms with Crippen LogP contribution >= 0.6 is 0 Å². The molecule has 0 spiro atoms. The minimum absolute atomic E-state index is 0.0344. The number of aliphatic hydroxyl groups excluding tert-OH is 1. The zero-order valence-corrected chi connectivity index (χ0v) is 27.0. The molecule has 0 aromatic heterocycles. The fraction of sp³-hybridized carbons (Fsp3) is 0.278. The van der Waals surface area contributed by atoms with Crippen LogP contribution in [0.5, 0.6) is 23.0 Å². The van der Waals surface area contributed by atoms with Crippen molar-refractivity contribution in [1.82, 2.24) is 5.32 Å². The number of methoxy groups -OCH3 is 3. The quantitative estimate of drug-likeness (QED) is 0.0668. The summed E-state index contributed by atoms with van der Waals surface area (Å²) in [5.41, 5.74) is 10.8. The van der Waals surface area contributed by atoms with Crippen molar-refractivity contribution in [3.8, 4) is 23.0 Å². The largest absolute Gasteiger partial charge is 0.497 e. The first-order chi connectivity index (χ1) is 23.4. The Morgan fingerprint density at radius 1 is 0.938 bits per heavy atom. The minimum atomic E-state index is -1.55. The topological polar surface area (TPSA) is 157 Å². The number of amides is 1. The minimum Gasteiger partial charge on any atom is -0.497 e. The molecular formula is C36H37N5O7. The van der Waals surface area contributed by atoms with Crippen LogP contribution < -0.4 is 24.3 Å². The molecule has 0 unspecified atom stereocenters. The Labute approximate surface area is 278 Å². The molecule has 0 fully saturated rings. The van der Waals surface area contributed by atoms with E-state index in [1.54, 1.807) is 69.9 Å². The number of aliphatic imine (C=N–C) groups is 1. The van der Waals surface area contributed by atoms with Crippen LogP contribution in [-0.2, 0) is 22.5 Å². The van der Waals surface area contributed by atoms with E-state index in [2.05, 4.69) is 15.3 Å². The number of azide groups is 1. The number of aliphatic hydroxyl groups is 1. The lowest BCUT2D eigenvalue weighted by Gasteiger charge is -2.31. The number of nitrogens with one attached hydrogen (secondary N) is 1. The summed E-state index contributed by atoms with van der Waals surface area (Å²) < 4.78 is 28.7. The second-order valence-corrected chi connectivity index (χ2v) is 11.0. The first-order valence-corrected chi connectivity index (χ1v) is 15.3. The molecule has 1 heterocycles. The Balaban J connectivity index is 1.61. The molecule has 0 saturated carbocycles. The highest BCUT2D eigenvalue weighted by Crippen LogP contribution is 2.44. The second kappa shape index (κ2) is 15.7. The molecule has 0 bridgehead atoms. The van der Waals surface area contributed by atoms with Crippen molar-refractivity contribution in [2.75, 3.05) is 34.5 Å². The maximum atomic E-state index is 14.7.